The van der Waals surface area contributed by atoms with Crippen LogP contribution in [0.25, 0.3) is 6.08 Å². The lowest BCUT2D eigenvalue weighted by atomic mass is 9.95. The molecule has 1 unspecified atom stereocenters. The molecule has 0 radical (unpaired) electrons. The van der Waals surface area contributed by atoms with Crippen molar-refractivity contribution in [3.8, 4) is 5.75 Å². The quantitative estimate of drug-likeness (QED) is 0.319. The van der Waals surface area contributed by atoms with Crippen LogP contribution in [0.3, 0.4) is 0 Å². The molecule has 0 saturated carbocycles. The molecule has 0 spiro atoms. The Morgan fingerprint density at radius 2 is 1.94 bits per heavy atom. The summed E-state index contributed by atoms with van der Waals surface area (Å²) in [6.07, 6.45) is 1.85. The van der Waals surface area contributed by atoms with E-state index in [9.17, 15) is 9.59 Å². The molecule has 9 heteroatoms. The minimum atomic E-state index is -0.625. The molecule has 1 aliphatic rings. The van der Waals surface area contributed by atoms with Crippen molar-refractivity contribution in [2.24, 2.45) is 4.99 Å². The van der Waals surface area contributed by atoms with E-state index >= 15 is 0 Å². The fourth-order valence-electron chi connectivity index (χ4n) is 3.99. The number of nitrogens with zero attached hydrogens (tertiary/aromatic N) is 3. The second-order valence-electron chi connectivity index (χ2n) is 8.18. The van der Waals surface area contributed by atoms with Crippen molar-refractivity contribution in [1.29, 1.82) is 0 Å². The van der Waals surface area contributed by atoms with Gasteiger partial charge in [-0.25, -0.2) is 9.79 Å². The molecule has 2 heterocycles. The van der Waals surface area contributed by atoms with Crippen LogP contribution in [-0.4, -0.2) is 38.3 Å². The molecule has 0 amide bonds. The van der Waals surface area contributed by atoms with E-state index < -0.39 is 12.0 Å². The number of halogens is 1. The third-order valence-electron chi connectivity index (χ3n) is 5.72. The van der Waals surface area contributed by atoms with Crippen LogP contribution in [0.2, 0.25) is 0 Å². The van der Waals surface area contributed by atoms with E-state index in [2.05, 4.69) is 27.6 Å². The Kier molecular flexibility index (Phi) is 7.46. The average Bonchev–Trinajstić information content (AvgIpc) is 3.12. The number of aromatic nitrogens is 1. The number of ether oxygens (including phenoxy) is 2. The molecule has 0 fully saturated rings. The number of rotatable bonds is 6. The molecular formula is C26H26IN3O4S. The number of carbonyl (C=O) groups is 1. The molecule has 7 nitrogen and oxygen atoms in total. The highest BCUT2D eigenvalue weighted by Crippen LogP contribution is 2.31. The standard InChI is InChI=1S/C26H26IN3O4S/c1-6-34-25(32)22-15(2)28-26-30(23(22)17-8-10-18(11-9-17)29(3)4)24(31)21(35-26)14-16-7-12-20(33-5)19(27)13-16/h7-14,23H,6H2,1-5H3/b21-14-. The smallest absolute Gasteiger partial charge is 0.338 e. The SMILES string of the molecule is CCOC(=O)C1=C(C)N=c2s/c(=C\c3ccc(OC)c(I)c3)c(=O)n2C1c1ccc(N(C)C)cc1. The van der Waals surface area contributed by atoms with Crippen molar-refractivity contribution in [1.82, 2.24) is 4.57 Å². The first-order chi connectivity index (χ1) is 16.7. The number of methoxy groups -OCH3 is 1. The van der Waals surface area contributed by atoms with Crippen molar-refractivity contribution in [2.45, 2.75) is 19.9 Å². The first kappa shape index (κ1) is 25.2. The molecule has 0 aliphatic carbocycles. The molecule has 0 saturated heterocycles. The number of hydrogen-bond acceptors (Lipinski definition) is 7. The van der Waals surface area contributed by atoms with Gasteiger partial charge in [0.2, 0.25) is 0 Å². The Balaban J connectivity index is 1.91. The van der Waals surface area contributed by atoms with E-state index in [0.717, 1.165) is 26.1 Å². The number of thiazole rings is 1. The van der Waals surface area contributed by atoms with E-state index in [1.807, 2.05) is 67.5 Å². The molecule has 182 valence electrons. The first-order valence-corrected chi connectivity index (χ1v) is 12.9. The van der Waals surface area contributed by atoms with Gasteiger partial charge >= 0.3 is 5.97 Å². The maximum absolute atomic E-state index is 13.7. The van der Waals surface area contributed by atoms with Crippen LogP contribution in [0.1, 0.15) is 31.0 Å². The zero-order valence-corrected chi connectivity index (χ0v) is 23.1. The van der Waals surface area contributed by atoms with Gasteiger partial charge in [0.05, 0.1) is 39.1 Å². The summed E-state index contributed by atoms with van der Waals surface area (Å²) in [5.74, 6) is 0.314. The molecule has 4 rings (SSSR count). The molecular weight excluding hydrogens is 577 g/mol. The summed E-state index contributed by atoms with van der Waals surface area (Å²) >= 11 is 3.52. The molecule has 1 aliphatic heterocycles. The maximum Gasteiger partial charge on any atom is 0.338 e. The van der Waals surface area contributed by atoms with Crippen LogP contribution in [0.5, 0.6) is 5.75 Å². The van der Waals surface area contributed by atoms with Crippen LogP contribution < -0.4 is 24.5 Å². The Morgan fingerprint density at radius 3 is 2.54 bits per heavy atom. The molecule has 0 N–H and O–H groups in total. The lowest BCUT2D eigenvalue weighted by Crippen LogP contribution is -2.39. The summed E-state index contributed by atoms with van der Waals surface area (Å²) in [4.78, 5) is 33.9. The van der Waals surface area contributed by atoms with Gasteiger partial charge in [-0.1, -0.05) is 29.5 Å². The van der Waals surface area contributed by atoms with Gasteiger partial charge in [0.1, 0.15) is 5.75 Å². The number of allylic oxidation sites excluding steroid dienone is 1. The van der Waals surface area contributed by atoms with Gasteiger partial charge in [0, 0.05) is 19.8 Å². The number of hydrogen-bond donors (Lipinski definition) is 0. The zero-order valence-electron chi connectivity index (χ0n) is 20.2. The fourth-order valence-corrected chi connectivity index (χ4v) is 5.79. The van der Waals surface area contributed by atoms with Crippen LogP contribution in [-0.2, 0) is 9.53 Å². The summed E-state index contributed by atoms with van der Waals surface area (Å²) < 4.78 is 13.8. The van der Waals surface area contributed by atoms with Crippen molar-refractivity contribution in [3.05, 3.63) is 88.1 Å². The third-order valence-corrected chi connectivity index (χ3v) is 7.54. The van der Waals surface area contributed by atoms with E-state index in [0.29, 0.717) is 20.6 Å². The topological polar surface area (TPSA) is 73.1 Å². The Morgan fingerprint density at radius 1 is 1.23 bits per heavy atom. The Bertz CT molecular complexity index is 1490. The predicted molar refractivity (Wildman–Crippen MR) is 147 cm³/mol. The largest absolute Gasteiger partial charge is 0.496 e. The summed E-state index contributed by atoms with van der Waals surface area (Å²) in [6, 6.07) is 13.0. The second kappa shape index (κ2) is 10.4. The van der Waals surface area contributed by atoms with Crippen molar-refractivity contribution in [2.75, 3.05) is 32.7 Å². The van der Waals surface area contributed by atoms with E-state index in [-0.39, 0.29) is 12.2 Å². The average molecular weight is 603 g/mol. The van der Waals surface area contributed by atoms with Gasteiger partial charge in [-0.3, -0.25) is 9.36 Å². The van der Waals surface area contributed by atoms with Gasteiger partial charge in [-0.2, -0.15) is 0 Å². The van der Waals surface area contributed by atoms with Crippen LogP contribution >= 0.6 is 33.9 Å². The summed E-state index contributed by atoms with van der Waals surface area (Å²) in [5, 5.41) is 0. The highest BCUT2D eigenvalue weighted by molar-refractivity contribution is 14.1. The predicted octanol–water partition coefficient (Wildman–Crippen LogP) is 3.48. The molecule has 0 bridgehead atoms. The minimum Gasteiger partial charge on any atom is -0.496 e. The number of anilines is 1. The van der Waals surface area contributed by atoms with Crippen molar-refractivity contribution >= 4 is 51.7 Å². The number of carbonyl (C=O) groups excluding carboxylic acids is 1. The maximum atomic E-state index is 13.7. The van der Waals surface area contributed by atoms with Gasteiger partial charge in [0.25, 0.3) is 5.56 Å². The van der Waals surface area contributed by atoms with Gasteiger partial charge < -0.3 is 14.4 Å². The first-order valence-electron chi connectivity index (χ1n) is 11.1. The van der Waals surface area contributed by atoms with E-state index in [1.165, 1.54) is 11.3 Å². The molecule has 3 aromatic rings. The van der Waals surface area contributed by atoms with Crippen molar-refractivity contribution < 1.29 is 14.3 Å². The lowest BCUT2D eigenvalue weighted by Gasteiger charge is -2.25. The van der Waals surface area contributed by atoms with Crippen LogP contribution in [0.15, 0.2) is 63.5 Å². The van der Waals surface area contributed by atoms with E-state index in [4.69, 9.17) is 9.47 Å². The molecule has 1 atom stereocenters. The van der Waals surface area contributed by atoms with Gasteiger partial charge in [-0.05, 0) is 77.9 Å². The monoisotopic (exact) mass is 603 g/mol. The zero-order chi connectivity index (χ0) is 25.3. The number of fused-ring (bicyclic) bond motifs is 1. The van der Waals surface area contributed by atoms with Crippen molar-refractivity contribution in [3.63, 3.8) is 0 Å². The number of benzene rings is 2. The third kappa shape index (κ3) is 4.92. The summed E-state index contributed by atoms with van der Waals surface area (Å²) in [7, 11) is 5.56. The summed E-state index contributed by atoms with van der Waals surface area (Å²) in [5.41, 5.74) is 3.46. The Hall–Kier alpha value is -2.92. The van der Waals surface area contributed by atoms with E-state index in [1.54, 1.807) is 25.5 Å². The van der Waals surface area contributed by atoms with Gasteiger partial charge in [0.15, 0.2) is 4.80 Å². The lowest BCUT2D eigenvalue weighted by molar-refractivity contribution is -0.139. The highest BCUT2D eigenvalue weighted by atomic mass is 127. The van der Waals surface area contributed by atoms with Crippen LogP contribution in [0, 0.1) is 3.57 Å². The molecule has 1 aromatic heterocycles. The second-order valence-corrected chi connectivity index (χ2v) is 10.4. The summed E-state index contributed by atoms with van der Waals surface area (Å²) in [6.45, 7) is 3.79. The minimum absolute atomic E-state index is 0.199. The molecule has 2 aromatic carbocycles. The fraction of sp³-hybridized carbons (Fsp3) is 0.269. The normalized spacial score (nSPS) is 15.5. The number of esters is 1. The molecule has 35 heavy (non-hydrogen) atoms. The van der Waals surface area contributed by atoms with Crippen LogP contribution in [0.4, 0.5) is 5.69 Å². The Labute approximate surface area is 221 Å². The van der Waals surface area contributed by atoms with Gasteiger partial charge in [-0.15, -0.1) is 0 Å². The highest BCUT2D eigenvalue weighted by Gasteiger charge is 2.33.